The Morgan fingerprint density at radius 3 is 2.83 bits per heavy atom. The third-order valence-electron chi connectivity index (χ3n) is 5.68. The summed E-state index contributed by atoms with van der Waals surface area (Å²) in [5.41, 5.74) is 1.94. The zero-order valence-electron chi connectivity index (χ0n) is 17.1. The minimum absolute atomic E-state index is 0.0818. The zero-order chi connectivity index (χ0) is 21.0. The van der Waals surface area contributed by atoms with E-state index in [2.05, 4.69) is 20.3 Å². The first-order chi connectivity index (χ1) is 14.4. The van der Waals surface area contributed by atoms with Gasteiger partial charge in [-0.05, 0) is 26.7 Å². The first-order valence-electron chi connectivity index (χ1n) is 9.95. The van der Waals surface area contributed by atoms with Crippen molar-refractivity contribution in [3.63, 3.8) is 0 Å². The standard InChI is InChI=1S/C18H23N9O2S/c1-4-25-10-15(12(2)22-25)30(28,29)26-7-5-6-13(9-26)16-21-18-14-8-20-24(3)17(14)19-11-27(18)23-16/h8,10-11,13H,4-7,9H2,1-3H3. The van der Waals surface area contributed by atoms with Gasteiger partial charge in [0.05, 0.1) is 17.3 Å². The lowest BCUT2D eigenvalue weighted by atomic mass is 9.99. The number of aromatic nitrogens is 8. The predicted octanol–water partition coefficient (Wildman–Crippen LogP) is 1.10. The summed E-state index contributed by atoms with van der Waals surface area (Å²) in [5, 5.41) is 13.9. The molecule has 0 aliphatic carbocycles. The van der Waals surface area contributed by atoms with Crippen molar-refractivity contribution < 1.29 is 8.42 Å². The SMILES string of the molecule is CCn1cc(S(=O)(=O)N2CCCC(c3nc4c5cnn(C)c5ncn4n3)C2)c(C)n1. The number of fused-ring (bicyclic) bond motifs is 3. The van der Waals surface area contributed by atoms with Crippen LogP contribution >= 0.6 is 0 Å². The second-order valence-electron chi connectivity index (χ2n) is 7.62. The summed E-state index contributed by atoms with van der Waals surface area (Å²) in [4.78, 5) is 9.38. The van der Waals surface area contributed by atoms with Crippen LogP contribution in [-0.4, -0.2) is 65.0 Å². The molecule has 1 aliphatic rings. The minimum Gasteiger partial charge on any atom is -0.271 e. The Kier molecular flexibility index (Phi) is 4.36. The molecule has 1 fully saturated rings. The van der Waals surface area contributed by atoms with Gasteiger partial charge in [0.2, 0.25) is 10.0 Å². The predicted molar refractivity (Wildman–Crippen MR) is 108 cm³/mol. The normalized spacial score (nSPS) is 18.6. The molecule has 0 spiro atoms. The summed E-state index contributed by atoms with van der Waals surface area (Å²) >= 11 is 0. The molecule has 30 heavy (non-hydrogen) atoms. The van der Waals surface area contributed by atoms with Crippen LogP contribution in [0.2, 0.25) is 0 Å². The fourth-order valence-corrected chi connectivity index (χ4v) is 5.75. The highest BCUT2D eigenvalue weighted by atomic mass is 32.2. The Balaban J connectivity index is 1.48. The number of sulfonamides is 1. The number of aryl methyl sites for hydroxylation is 3. The van der Waals surface area contributed by atoms with Gasteiger partial charge in [0.25, 0.3) is 0 Å². The molecular weight excluding hydrogens is 406 g/mol. The van der Waals surface area contributed by atoms with E-state index in [-0.39, 0.29) is 10.8 Å². The molecule has 0 N–H and O–H groups in total. The van der Waals surface area contributed by atoms with Crippen molar-refractivity contribution in [2.75, 3.05) is 13.1 Å². The van der Waals surface area contributed by atoms with Crippen molar-refractivity contribution in [2.45, 2.75) is 44.0 Å². The van der Waals surface area contributed by atoms with Crippen LogP contribution in [0.3, 0.4) is 0 Å². The third-order valence-corrected chi connectivity index (χ3v) is 7.65. The third kappa shape index (κ3) is 2.89. The summed E-state index contributed by atoms with van der Waals surface area (Å²) in [7, 11) is -1.79. The number of nitrogens with zero attached hydrogens (tertiary/aromatic N) is 9. The van der Waals surface area contributed by atoms with Gasteiger partial charge in [-0.25, -0.2) is 22.9 Å². The van der Waals surface area contributed by atoms with Crippen molar-refractivity contribution in [3.05, 3.63) is 30.2 Å². The fraction of sp³-hybridized carbons (Fsp3) is 0.500. The molecule has 1 saturated heterocycles. The maximum absolute atomic E-state index is 13.3. The lowest BCUT2D eigenvalue weighted by molar-refractivity contribution is 0.309. The Morgan fingerprint density at radius 2 is 2.07 bits per heavy atom. The molecule has 0 aromatic carbocycles. The second-order valence-corrected chi connectivity index (χ2v) is 9.53. The smallest absolute Gasteiger partial charge is 0.246 e. The van der Waals surface area contributed by atoms with Crippen LogP contribution in [0, 0.1) is 6.92 Å². The summed E-state index contributed by atoms with van der Waals surface area (Å²) in [6.07, 6.45) is 6.54. The molecule has 4 aromatic heterocycles. The molecule has 0 saturated carbocycles. The van der Waals surface area contributed by atoms with Gasteiger partial charge in [0.1, 0.15) is 11.2 Å². The molecule has 1 atom stereocenters. The Labute approximate surface area is 173 Å². The summed E-state index contributed by atoms with van der Waals surface area (Å²) in [6.45, 7) is 5.12. The van der Waals surface area contributed by atoms with E-state index in [0.29, 0.717) is 36.8 Å². The summed E-state index contributed by atoms with van der Waals surface area (Å²) < 4.78 is 33.1. The van der Waals surface area contributed by atoms with Crippen LogP contribution in [-0.2, 0) is 23.6 Å². The number of hydrogen-bond donors (Lipinski definition) is 0. The van der Waals surface area contributed by atoms with E-state index >= 15 is 0 Å². The van der Waals surface area contributed by atoms with E-state index < -0.39 is 10.0 Å². The molecule has 1 aliphatic heterocycles. The van der Waals surface area contributed by atoms with Crippen molar-refractivity contribution in [2.24, 2.45) is 7.05 Å². The molecule has 1 unspecified atom stereocenters. The molecule has 11 nitrogen and oxygen atoms in total. The van der Waals surface area contributed by atoms with E-state index in [0.717, 1.165) is 23.9 Å². The number of rotatable bonds is 4. The van der Waals surface area contributed by atoms with Crippen molar-refractivity contribution in [1.29, 1.82) is 0 Å². The minimum atomic E-state index is -3.62. The van der Waals surface area contributed by atoms with Gasteiger partial charge in [-0.3, -0.25) is 9.36 Å². The first-order valence-corrected chi connectivity index (χ1v) is 11.4. The topological polar surface area (TPSA) is 116 Å². The maximum atomic E-state index is 13.3. The first kappa shape index (κ1) is 19.1. The average Bonchev–Trinajstić information content (AvgIpc) is 3.44. The van der Waals surface area contributed by atoms with Crippen LogP contribution in [0.15, 0.2) is 23.6 Å². The van der Waals surface area contributed by atoms with Crippen molar-refractivity contribution in [1.82, 2.24) is 43.4 Å². The number of hydrogen-bond acceptors (Lipinski definition) is 7. The monoisotopic (exact) mass is 429 g/mol. The van der Waals surface area contributed by atoms with Crippen LogP contribution in [0.4, 0.5) is 0 Å². The van der Waals surface area contributed by atoms with Gasteiger partial charge >= 0.3 is 0 Å². The van der Waals surface area contributed by atoms with Crippen molar-refractivity contribution >= 4 is 26.7 Å². The van der Waals surface area contributed by atoms with E-state index in [1.807, 2.05) is 14.0 Å². The Morgan fingerprint density at radius 1 is 1.23 bits per heavy atom. The average molecular weight is 430 g/mol. The second kappa shape index (κ2) is 6.84. The molecule has 158 valence electrons. The van der Waals surface area contributed by atoms with Crippen molar-refractivity contribution in [3.8, 4) is 0 Å². The lowest BCUT2D eigenvalue weighted by Crippen LogP contribution is -2.39. The van der Waals surface area contributed by atoms with Crippen LogP contribution < -0.4 is 0 Å². The number of piperidine rings is 1. The van der Waals surface area contributed by atoms with E-state index in [1.54, 1.807) is 39.5 Å². The van der Waals surface area contributed by atoms with Gasteiger partial charge < -0.3 is 0 Å². The van der Waals surface area contributed by atoms with E-state index in [4.69, 9.17) is 4.98 Å². The Bertz CT molecular complexity index is 1350. The molecular formula is C18H23N9O2S. The lowest BCUT2D eigenvalue weighted by Gasteiger charge is -2.30. The quantitative estimate of drug-likeness (QED) is 0.477. The molecule has 12 heteroatoms. The van der Waals surface area contributed by atoms with Crippen LogP contribution in [0.25, 0.3) is 16.7 Å². The molecule has 0 amide bonds. The summed E-state index contributed by atoms with van der Waals surface area (Å²) in [6, 6.07) is 0. The molecule has 5 heterocycles. The molecule has 0 bridgehead atoms. The molecule has 0 radical (unpaired) electrons. The maximum Gasteiger partial charge on any atom is 0.246 e. The van der Waals surface area contributed by atoms with Crippen LogP contribution in [0.1, 0.15) is 37.2 Å². The van der Waals surface area contributed by atoms with Gasteiger partial charge in [0.15, 0.2) is 17.1 Å². The van der Waals surface area contributed by atoms with E-state index in [9.17, 15) is 8.42 Å². The highest BCUT2D eigenvalue weighted by Crippen LogP contribution is 2.30. The largest absolute Gasteiger partial charge is 0.271 e. The fourth-order valence-electron chi connectivity index (χ4n) is 4.05. The highest BCUT2D eigenvalue weighted by molar-refractivity contribution is 7.89. The Hall–Kier alpha value is -2.86. The van der Waals surface area contributed by atoms with Gasteiger partial charge in [0, 0.05) is 38.8 Å². The zero-order valence-corrected chi connectivity index (χ0v) is 17.9. The van der Waals surface area contributed by atoms with Crippen LogP contribution in [0.5, 0.6) is 0 Å². The molecule has 5 rings (SSSR count). The molecule has 4 aromatic rings. The highest BCUT2D eigenvalue weighted by Gasteiger charge is 2.34. The van der Waals surface area contributed by atoms with Gasteiger partial charge in [-0.15, -0.1) is 5.10 Å². The summed E-state index contributed by atoms with van der Waals surface area (Å²) in [5.74, 6) is 0.552. The van der Waals surface area contributed by atoms with Gasteiger partial charge in [-0.2, -0.15) is 14.5 Å². The van der Waals surface area contributed by atoms with E-state index in [1.165, 1.54) is 4.31 Å². The van der Waals surface area contributed by atoms with Gasteiger partial charge in [-0.1, -0.05) is 0 Å².